The lowest BCUT2D eigenvalue weighted by atomic mass is 9.97. The monoisotopic (exact) mass is 316 g/mol. The lowest BCUT2D eigenvalue weighted by molar-refractivity contribution is 0.173. The molecular weight excluding hydrogens is 304 g/mol. The van der Waals surface area contributed by atoms with E-state index in [2.05, 4.69) is 30.3 Å². The van der Waals surface area contributed by atoms with Crippen molar-refractivity contribution in [1.29, 1.82) is 0 Å². The Morgan fingerprint density at radius 2 is 0.917 bits per heavy atom. The highest BCUT2D eigenvalue weighted by Crippen LogP contribution is 2.41. The first-order chi connectivity index (χ1) is 11.8. The Kier molecular flexibility index (Phi) is 2.17. The minimum Gasteiger partial charge on any atom is -0.454 e. The van der Waals surface area contributed by atoms with Crippen LogP contribution in [0.25, 0.3) is 32.3 Å². The van der Waals surface area contributed by atoms with Crippen LogP contribution in [0.2, 0.25) is 0 Å². The first-order valence-electron chi connectivity index (χ1n) is 7.85. The zero-order valence-corrected chi connectivity index (χ0v) is 12.7. The molecule has 0 atom stereocenters. The van der Waals surface area contributed by atoms with E-state index < -0.39 is 0 Å². The van der Waals surface area contributed by atoms with Crippen molar-refractivity contribution in [3.8, 4) is 23.0 Å². The first kappa shape index (κ1) is 12.3. The largest absolute Gasteiger partial charge is 0.454 e. The Labute approximate surface area is 137 Å². The molecule has 0 amide bonds. The third kappa shape index (κ3) is 1.57. The minimum atomic E-state index is 0.288. The summed E-state index contributed by atoms with van der Waals surface area (Å²) in [6, 6.07) is 16.9. The van der Waals surface area contributed by atoms with E-state index in [1.807, 2.05) is 18.2 Å². The molecule has 0 saturated heterocycles. The molecule has 0 saturated carbocycles. The van der Waals surface area contributed by atoms with Crippen LogP contribution in [-0.2, 0) is 0 Å². The fourth-order valence-corrected chi connectivity index (χ4v) is 3.59. The van der Waals surface area contributed by atoms with E-state index >= 15 is 0 Å². The summed E-state index contributed by atoms with van der Waals surface area (Å²) in [5, 5.41) is 6.97. The van der Waals surface area contributed by atoms with Crippen LogP contribution in [0.5, 0.6) is 23.0 Å². The van der Waals surface area contributed by atoms with Crippen molar-refractivity contribution in [2.45, 2.75) is 0 Å². The summed E-state index contributed by atoms with van der Waals surface area (Å²) < 4.78 is 22.0. The Bertz CT molecular complexity index is 1150. The first-order valence-corrected chi connectivity index (χ1v) is 7.85. The summed E-state index contributed by atoms with van der Waals surface area (Å²) in [6.45, 7) is 0.577. The molecular formula is C20H12O4. The van der Waals surface area contributed by atoms with Crippen LogP contribution in [0.3, 0.4) is 0 Å². The van der Waals surface area contributed by atoms with Gasteiger partial charge in [0, 0.05) is 0 Å². The van der Waals surface area contributed by atoms with E-state index in [1.54, 1.807) is 0 Å². The Morgan fingerprint density at radius 3 is 1.58 bits per heavy atom. The molecule has 4 nitrogen and oxygen atoms in total. The van der Waals surface area contributed by atoms with E-state index in [0.717, 1.165) is 44.5 Å². The van der Waals surface area contributed by atoms with Gasteiger partial charge in [-0.05, 0) is 68.7 Å². The highest BCUT2D eigenvalue weighted by Gasteiger charge is 2.17. The summed E-state index contributed by atoms with van der Waals surface area (Å²) in [5.41, 5.74) is 0. The molecule has 24 heavy (non-hydrogen) atoms. The number of hydrogen-bond acceptors (Lipinski definition) is 4. The van der Waals surface area contributed by atoms with Gasteiger partial charge < -0.3 is 18.9 Å². The van der Waals surface area contributed by atoms with Crippen molar-refractivity contribution in [1.82, 2.24) is 0 Å². The van der Waals surface area contributed by atoms with Crippen LogP contribution in [0, 0.1) is 0 Å². The van der Waals surface area contributed by atoms with Crippen LogP contribution in [0.4, 0.5) is 0 Å². The molecule has 0 aromatic heterocycles. The maximum Gasteiger partial charge on any atom is 0.231 e. The molecule has 4 heteroatoms. The van der Waals surface area contributed by atoms with E-state index in [9.17, 15) is 0 Å². The summed E-state index contributed by atoms with van der Waals surface area (Å²) in [4.78, 5) is 0. The van der Waals surface area contributed by atoms with Gasteiger partial charge in [-0.25, -0.2) is 0 Å². The molecule has 0 spiro atoms. The SMILES string of the molecule is c1c2c(cc3cc4c(ccc5cc6c(cc54)OCO6)cc13)OCO2. The molecule has 0 N–H and O–H groups in total. The Hall–Kier alpha value is -3.14. The average molecular weight is 316 g/mol. The van der Waals surface area contributed by atoms with Crippen molar-refractivity contribution in [2.75, 3.05) is 13.6 Å². The van der Waals surface area contributed by atoms with Crippen molar-refractivity contribution < 1.29 is 18.9 Å². The van der Waals surface area contributed by atoms with Gasteiger partial charge in [0.25, 0.3) is 0 Å². The van der Waals surface area contributed by atoms with E-state index in [4.69, 9.17) is 18.9 Å². The van der Waals surface area contributed by atoms with E-state index in [1.165, 1.54) is 10.8 Å². The van der Waals surface area contributed by atoms with Crippen LogP contribution in [0.1, 0.15) is 0 Å². The highest BCUT2D eigenvalue weighted by molar-refractivity contribution is 6.13. The lowest BCUT2D eigenvalue weighted by Crippen LogP contribution is -1.92. The molecule has 2 aliphatic heterocycles. The third-order valence-corrected chi connectivity index (χ3v) is 4.78. The third-order valence-electron chi connectivity index (χ3n) is 4.78. The second-order valence-electron chi connectivity index (χ2n) is 6.12. The number of ether oxygens (including phenoxy) is 4. The molecule has 0 unspecified atom stereocenters. The maximum absolute atomic E-state index is 5.54. The number of fused-ring (bicyclic) bond motifs is 6. The smallest absolute Gasteiger partial charge is 0.231 e. The zero-order chi connectivity index (χ0) is 15.7. The van der Waals surface area contributed by atoms with Crippen LogP contribution in [0.15, 0.2) is 48.5 Å². The van der Waals surface area contributed by atoms with Gasteiger partial charge in [0.2, 0.25) is 13.6 Å². The molecule has 4 aromatic rings. The van der Waals surface area contributed by atoms with Gasteiger partial charge in [0.1, 0.15) is 0 Å². The van der Waals surface area contributed by atoms with E-state index in [-0.39, 0.29) is 13.6 Å². The molecule has 0 radical (unpaired) electrons. The molecule has 4 aromatic carbocycles. The maximum atomic E-state index is 5.54. The van der Waals surface area contributed by atoms with Gasteiger partial charge in [-0.1, -0.05) is 12.1 Å². The molecule has 0 aliphatic carbocycles. The predicted octanol–water partition coefficient (Wildman–Crippen LogP) is 4.60. The standard InChI is InChI=1S/C20H12O4/c1-2-12-5-17-20(24-10-21-17)8-16(12)15-4-14-7-19-18(22-9-23-19)6-13(14)3-11(1)15/h1-8H,9-10H2. The van der Waals surface area contributed by atoms with Crippen LogP contribution < -0.4 is 18.9 Å². The van der Waals surface area contributed by atoms with Gasteiger partial charge in [-0.15, -0.1) is 0 Å². The second-order valence-corrected chi connectivity index (χ2v) is 6.12. The van der Waals surface area contributed by atoms with Gasteiger partial charge in [0.05, 0.1) is 0 Å². The second kappa shape index (κ2) is 4.23. The van der Waals surface area contributed by atoms with Gasteiger partial charge in [0.15, 0.2) is 23.0 Å². The van der Waals surface area contributed by atoms with Crippen LogP contribution >= 0.6 is 0 Å². The molecule has 0 bridgehead atoms. The highest BCUT2D eigenvalue weighted by atomic mass is 16.7. The van der Waals surface area contributed by atoms with Crippen LogP contribution in [-0.4, -0.2) is 13.6 Å². The van der Waals surface area contributed by atoms with Crippen molar-refractivity contribution in [2.24, 2.45) is 0 Å². The van der Waals surface area contributed by atoms with Crippen molar-refractivity contribution in [3.05, 3.63) is 48.5 Å². The van der Waals surface area contributed by atoms with E-state index in [0.29, 0.717) is 0 Å². The molecule has 0 fully saturated rings. The van der Waals surface area contributed by atoms with Crippen molar-refractivity contribution in [3.63, 3.8) is 0 Å². The summed E-state index contributed by atoms with van der Waals surface area (Å²) >= 11 is 0. The Morgan fingerprint density at radius 1 is 0.458 bits per heavy atom. The van der Waals surface area contributed by atoms with Gasteiger partial charge >= 0.3 is 0 Å². The predicted molar refractivity (Wildman–Crippen MR) is 91.2 cm³/mol. The fourth-order valence-electron chi connectivity index (χ4n) is 3.59. The summed E-state index contributed by atoms with van der Waals surface area (Å²) in [6.07, 6.45) is 0. The topological polar surface area (TPSA) is 36.9 Å². The quantitative estimate of drug-likeness (QED) is 0.351. The normalized spacial score (nSPS) is 14.8. The number of hydrogen-bond donors (Lipinski definition) is 0. The molecule has 2 heterocycles. The fraction of sp³-hybridized carbons (Fsp3) is 0.100. The summed E-state index contributed by atoms with van der Waals surface area (Å²) in [7, 11) is 0. The molecule has 6 rings (SSSR count). The van der Waals surface area contributed by atoms with Gasteiger partial charge in [-0.2, -0.15) is 0 Å². The molecule has 116 valence electrons. The lowest BCUT2D eigenvalue weighted by Gasteiger charge is -2.08. The minimum absolute atomic E-state index is 0.288. The van der Waals surface area contributed by atoms with Crippen molar-refractivity contribution >= 4 is 32.3 Å². The summed E-state index contributed by atoms with van der Waals surface area (Å²) in [5.74, 6) is 3.23. The average Bonchev–Trinajstić information content (AvgIpc) is 3.24. The number of rotatable bonds is 0. The number of benzene rings is 4. The Balaban J connectivity index is 1.72. The van der Waals surface area contributed by atoms with Gasteiger partial charge in [-0.3, -0.25) is 0 Å². The molecule has 2 aliphatic rings. The zero-order valence-electron chi connectivity index (χ0n) is 12.7.